The Balaban J connectivity index is 1.96. The molecule has 0 bridgehead atoms. The maximum Gasteiger partial charge on any atom is 0.317 e. The number of rotatable bonds is 14. The molecule has 0 radical (unpaired) electrons. The number of halogens is 1. The number of aliphatic carboxylic acids is 6. The number of carboxylic acids is 6. The lowest BCUT2D eigenvalue weighted by Gasteiger charge is -2.34. The van der Waals surface area contributed by atoms with Crippen molar-refractivity contribution in [2.24, 2.45) is 0 Å². The second-order valence-corrected chi connectivity index (χ2v) is 13.5. The molecule has 0 atom stereocenters. The van der Waals surface area contributed by atoms with Gasteiger partial charge in [-0.2, -0.15) is 15.0 Å². The van der Waals surface area contributed by atoms with Gasteiger partial charge in [-0.25, -0.2) is 0 Å². The lowest BCUT2D eigenvalue weighted by molar-refractivity contribution is -0.140. The highest BCUT2D eigenvalue weighted by molar-refractivity contribution is 6.28. The number of hydrogen-bond donors (Lipinski definition) is 6. The minimum absolute atomic E-state index is 0.102. The Morgan fingerprint density at radius 3 is 0.727 bits per heavy atom. The fourth-order valence-corrected chi connectivity index (χ4v) is 6.33. The van der Waals surface area contributed by atoms with Gasteiger partial charge in [0.15, 0.2) is 0 Å². The molecule has 0 aromatic carbocycles. The first kappa shape index (κ1) is 44.9. The van der Waals surface area contributed by atoms with E-state index in [-0.39, 0.29) is 161 Å². The Bertz CT molecular complexity index is 1310. The lowest BCUT2D eigenvalue weighted by Crippen LogP contribution is -2.49. The van der Waals surface area contributed by atoms with Gasteiger partial charge in [0.1, 0.15) is 0 Å². The van der Waals surface area contributed by atoms with E-state index in [0.717, 1.165) is 0 Å². The van der Waals surface area contributed by atoms with Gasteiger partial charge in [-0.15, -0.1) is 0 Å². The number of carbonyl (C=O) groups is 6. The Kier molecular flexibility index (Phi) is 18.6. The van der Waals surface area contributed by atoms with Crippen LogP contribution in [0.15, 0.2) is 0 Å². The molecule has 308 valence electrons. The molecular formula is C31H50ClN11O12. The van der Waals surface area contributed by atoms with Crippen LogP contribution in [0.25, 0.3) is 0 Å². The third-order valence-corrected chi connectivity index (χ3v) is 9.15. The predicted octanol–water partition coefficient (Wildman–Crippen LogP) is -3.52. The summed E-state index contributed by atoms with van der Waals surface area (Å²) in [5.41, 5.74) is 0. The summed E-state index contributed by atoms with van der Waals surface area (Å²) in [4.78, 5) is 96.7. The molecule has 0 amide bonds. The summed E-state index contributed by atoms with van der Waals surface area (Å²) < 4.78 is 0. The third-order valence-electron chi connectivity index (χ3n) is 8.98. The minimum Gasteiger partial charge on any atom is -0.480 e. The Hall–Kier alpha value is -4.52. The summed E-state index contributed by atoms with van der Waals surface area (Å²) in [5, 5.41) is 57.0. The van der Waals surface area contributed by atoms with E-state index in [0.29, 0.717) is 0 Å². The van der Waals surface area contributed by atoms with E-state index in [1.54, 1.807) is 39.2 Å². The van der Waals surface area contributed by atoms with Crippen molar-refractivity contribution < 1.29 is 59.4 Å². The second kappa shape index (κ2) is 22.8. The van der Waals surface area contributed by atoms with Crippen LogP contribution in [-0.2, 0) is 28.8 Å². The highest BCUT2D eigenvalue weighted by Crippen LogP contribution is 2.18. The highest BCUT2D eigenvalue weighted by Gasteiger charge is 2.25. The second-order valence-electron chi connectivity index (χ2n) is 13.2. The van der Waals surface area contributed by atoms with Gasteiger partial charge < -0.3 is 40.4 Å². The summed E-state index contributed by atoms with van der Waals surface area (Å²) >= 11 is 6.48. The highest BCUT2D eigenvalue weighted by atomic mass is 35.5. The SMILES string of the molecule is O=C(O)CN1CCN(CC(=O)O)CCN(c2nc(Cl)nc(N3CCN(CC(=O)O)CCN(CC(=O)O)CCN(CC(=O)O)CC3)n2)CCN(CC(=O)O)CC1. The molecule has 24 heteroatoms. The number of aromatic nitrogens is 3. The average Bonchev–Trinajstić information content (AvgIpc) is 3.06. The fraction of sp³-hybridized carbons (Fsp3) is 0.710. The van der Waals surface area contributed by atoms with E-state index in [2.05, 4.69) is 9.97 Å². The first-order chi connectivity index (χ1) is 26.1. The average molecular weight is 804 g/mol. The molecule has 0 aliphatic carbocycles. The number of nitrogens with zero attached hydrogens (tertiary/aromatic N) is 11. The van der Waals surface area contributed by atoms with Crippen LogP contribution in [0.5, 0.6) is 0 Å². The molecule has 0 spiro atoms. The standard InChI is InChI=1S/C31H50ClN11O12/c32-29-33-30(42-13-9-38(19-25(48)49)5-1-36(17-23(44)45)2-6-39(10-14-42)20-26(50)51)35-31(34-29)43-15-11-40(21-27(52)53)7-3-37(18-24(46)47)4-8-41(12-16-43)22-28(54)55/h1-22H2,(H,44,45)(H,46,47)(H,48,49)(H,50,51)(H,52,53)(H,54,55). The maximum atomic E-state index is 11.7. The molecule has 3 heterocycles. The molecule has 55 heavy (non-hydrogen) atoms. The normalized spacial score (nSPS) is 19.4. The maximum absolute atomic E-state index is 11.7. The quantitative estimate of drug-likeness (QED) is 0.106. The van der Waals surface area contributed by atoms with Gasteiger partial charge in [-0.3, -0.25) is 58.2 Å². The summed E-state index contributed by atoms with van der Waals surface area (Å²) in [5.74, 6) is -6.27. The van der Waals surface area contributed by atoms with Gasteiger partial charge in [-0.05, 0) is 11.6 Å². The molecule has 1 aromatic rings. The Morgan fingerprint density at radius 1 is 0.364 bits per heavy atom. The van der Waals surface area contributed by atoms with Crippen LogP contribution in [0.2, 0.25) is 5.28 Å². The summed E-state index contributed by atoms with van der Waals surface area (Å²) in [6, 6.07) is 0. The van der Waals surface area contributed by atoms with Crippen LogP contribution in [0.1, 0.15) is 0 Å². The van der Waals surface area contributed by atoms with Crippen LogP contribution in [0.3, 0.4) is 0 Å². The van der Waals surface area contributed by atoms with Crippen molar-refractivity contribution in [1.82, 2.24) is 44.4 Å². The number of hydrogen-bond acceptors (Lipinski definition) is 17. The summed E-state index contributed by atoms with van der Waals surface area (Å²) in [7, 11) is 0. The molecule has 2 aliphatic rings. The monoisotopic (exact) mass is 803 g/mol. The predicted molar refractivity (Wildman–Crippen MR) is 194 cm³/mol. The molecule has 0 saturated carbocycles. The van der Waals surface area contributed by atoms with Crippen LogP contribution in [0.4, 0.5) is 11.9 Å². The zero-order chi connectivity index (χ0) is 40.5. The molecule has 0 unspecified atom stereocenters. The summed E-state index contributed by atoms with van der Waals surface area (Å²) in [6.45, 7) is 1.15. The topological polar surface area (TPSA) is 288 Å². The van der Waals surface area contributed by atoms with Crippen molar-refractivity contribution in [3.05, 3.63) is 5.28 Å². The molecule has 2 fully saturated rings. The minimum atomic E-state index is -1.08. The van der Waals surface area contributed by atoms with Crippen LogP contribution < -0.4 is 9.80 Å². The van der Waals surface area contributed by atoms with Crippen molar-refractivity contribution in [3.8, 4) is 0 Å². The molecule has 1 aromatic heterocycles. The Labute approximate surface area is 321 Å². The molecule has 6 N–H and O–H groups in total. The first-order valence-corrected chi connectivity index (χ1v) is 18.0. The van der Waals surface area contributed by atoms with Gasteiger partial charge in [0, 0.05) is 105 Å². The van der Waals surface area contributed by atoms with Crippen molar-refractivity contribution in [2.75, 3.05) is 154 Å². The molecule has 23 nitrogen and oxygen atoms in total. The summed E-state index contributed by atoms with van der Waals surface area (Å²) in [6.07, 6.45) is 0. The van der Waals surface area contributed by atoms with Gasteiger partial charge >= 0.3 is 35.8 Å². The van der Waals surface area contributed by atoms with Gasteiger partial charge in [0.05, 0.1) is 39.3 Å². The van der Waals surface area contributed by atoms with E-state index in [9.17, 15) is 59.4 Å². The third kappa shape index (κ3) is 17.7. The molecule has 2 aliphatic heterocycles. The van der Waals surface area contributed by atoms with Crippen molar-refractivity contribution in [2.45, 2.75) is 0 Å². The van der Waals surface area contributed by atoms with E-state index < -0.39 is 35.8 Å². The Morgan fingerprint density at radius 2 is 0.545 bits per heavy atom. The van der Waals surface area contributed by atoms with Crippen LogP contribution in [0, 0.1) is 0 Å². The number of carboxylic acid groups (broad SMARTS) is 6. The van der Waals surface area contributed by atoms with Crippen LogP contribution >= 0.6 is 11.6 Å². The van der Waals surface area contributed by atoms with Crippen molar-refractivity contribution >= 4 is 59.3 Å². The smallest absolute Gasteiger partial charge is 0.317 e. The van der Waals surface area contributed by atoms with Crippen molar-refractivity contribution in [3.63, 3.8) is 0 Å². The lowest BCUT2D eigenvalue weighted by atomic mass is 10.3. The molecular weight excluding hydrogens is 754 g/mol. The fourth-order valence-electron chi connectivity index (χ4n) is 6.18. The first-order valence-electron chi connectivity index (χ1n) is 17.6. The van der Waals surface area contributed by atoms with Crippen molar-refractivity contribution in [1.29, 1.82) is 0 Å². The zero-order valence-electron chi connectivity index (χ0n) is 30.5. The molecule has 3 rings (SSSR count). The van der Waals surface area contributed by atoms with Gasteiger partial charge in [0.25, 0.3) is 0 Å². The number of anilines is 2. The van der Waals surface area contributed by atoms with E-state index in [1.165, 1.54) is 0 Å². The molecule has 2 saturated heterocycles. The largest absolute Gasteiger partial charge is 0.480 e. The van der Waals surface area contributed by atoms with E-state index in [1.807, 2.05) is 0 Å². The van der Waals surface area contributed by atoms with E-state index >= 15 is 0 Å². The van der Waals surface area contributed by atoms with E-state index in [4.69, 9.17) is 16.6 Å². The zero-order valence-corrected chi connectivity index (χ0v) is 31.2. The van der Waals surface area contributed by atoms with Crippen LogP contribution in [-0.4, -0.2) is 255 Å². The van der Waals surface area contributed by atoms with Gasteiger partial charge in [0.2, 0.25) is 17.2 Å². The van der Waals surface area contributed by atoms with Gasteiger partial charge in [-0.1, -0.05) is 0 Å².